The summed E-state index contributed by atoms with van der Waals surface area (Å²) in [5, 5.41) is 20.0. The van der Waals surface area contributed by atoms with Crippen molar-refractivity contribution in [3.05, 3.63) is 60.5 Å². The van der Waals surface area contributed by atoms with Gasteiger partial charge in [-0.05, 0) is 32.1 Å². The van der Waals surface area contributed by atoms with Crippen LogP contribution in [0.15, 0.2) is 55.5 Å². The smallest absolute Gasteiger partial charge is 0.247 e. The van der Waals surface area contributed by atoms with Crippen LogP contribution in [0, 0.1) is 0 Å². The van der Waals surface area contributed by atoms with E-state index in [4.69, 9.17) is 16.3 Å². The van der Waals surface area contributed by atoms with E-state index in [1.807, 2.05) is 0 Å². The lowest BCUT2D eigenvalue weighted by Gasteiger charge is -2.16. The number of hydrogen-bond acceptors (Lipinski definition) is 7. The number of rotatable bonds is 8. The first-order valence-corrected chi connectivity index (χ1v) is 9.35. The second kappa shape index (κ2) is 8.93. The topological polar surface area (TPSA) is 114 Å². The molecule has 3 rings (SSSR count). The van der Waals surface area contributed by atoms with Gasteiger partial charge in [0.2, 0.25) is 17.7 Å². The minimum Gasteiger partial charge on any atom is -0.437 e. The highest BCUT2D eigenvalue weighted by Crippen LogP contribution is 2.29. The predicted octanol–water partition coefficient (Wildman–Crippen LogP) is 3.76. The Labute approximate surface area is 178 Å². The normalized spacial score (nSPS) is 11.1. The quantitative estimate of drug-likeness (QED) is 0.468. The summed E-state index contributed by atoms with van der Waals surface area (Å²) in [6.07, 6.45) is 5.91. The largest absolute Gasteiger partial charge is 0.437 e. The third-order valence-corrected chi connectivity index (χ3v) is 3.91. The Morgan fingerprint density at radius 1 is 1.37 bits per heavy atom. The Bertz CT molecular complexity index is 1060. The number of anilines is 3. The van der Waals surface area contributed by atoms with Crippen molar-refractivity contribution in [2.24, 2.45) is 0 Å². The molecule has 2 aromatic heterocycles. The van der Waals surface area contributed by atoms with E-state index < -0.39 is 5.60 Å². The number of nitrogens with one attached hydrogen (secondary N) is 2. The van der Waals surface area contributed by atoms with E-state index in [1.54, 1.807) is 55.2 Å². The van der Waals surface area contributed by atoms with Crippen molar-refractivity contribution in [3.63, 3.8) is 0 Å². The molecule has 30 heavy (non-hydrogen) atoms. The molecule has 0 radical (unpaired) electrons. The van der Waals surface area contributed by atoms with Gasteiger partial charge in [-0.2, -0.15) is 10.1 Å². The van der Waals surface area contributed by atoms with Crippen LogP contribution in [0.1, 0.15) is 13.8 Å². The molecule has 0 saturated heterocycles. The van der Waals surface area contributed by atoms with Crippen LogP contribution in [-0.4, -0.2) is 36.4 Å². The summed E-state index contributed by atoms with van der Waals surface area (Å²) >= 11 is 6.17. The van der Waals surface area contributed by atoms with E-state index in [9.17, 15) is 9.90 Å². The molecule has 3 N–H and O–H groups in total. The van der Waals surface area contributed by atoms with Crippen molar-refractivity contribution in [3.8, 4) is 11.6 Å². The zero-order valence-electron chi connectivity index (χ0n) is 16.5. The number of aliphatic hydroxyl groups is 1. The molecular formula is C20H21ClN6O3. The minimum atomic E-state index is -0.888. The Balaban J connectivity index is 1.74. The van der Waals surface area contributed by atoms with E-state index >= 15 is 0 Å². The molecule has 3 aromatic rings. The number of nitrogens with zero attached hydrogens (tertiary/aromatic N) is 4. The molecule has 0 aliphatic rings. The van der Waals surface area contributed by atoms with E-state index in [-0.39, 0.29) is 22.8 Å². The number of benzene rings is 1. The molecule has 0 spiro atoms. The summed E-state index contributed by atoms with van der Waals surface area (Å²) in [5.74, 6) is 0.504. The second-order valence-corrected chi connectivity index (χ2v) is 7.44. The molecule has 0 fully saturated rings. The Morgan fingerprint density at radius 3 is 2.90 bits per heavy atom. The van der Waals surface area contributed by atoms with Gasteiger partial charge >= 0.3 is 0 Å². The standard InChI is InChI=1S/C20H21ClN6O3/c1-4-17(28)24-13-6-5-7-15(8-13)30-18-16(21)10-22-19(26-18)25-14-9-23-27(11-14)12-20(2,3)29/h4-11,29H,1,12H2,2-3H3,(H,24,28)(H,22,25,26). The van der Waals surface area contributed by atoms with Gasteiger partial charge in [-0.3, -0.25) is 9.48 Å². The van der Waals surface area contributed by atoms with Gasteiger partial charge in [0.25, 0.3) is 0 Å². The molecule has 0 saturated carbocycles. The van der Waals surface area contributed by atoms with Crippen LogP contribution in [0.25, 0.3) is 0 Å². The third kappa shape index (κ3) is 6.03. The van der Waals surface area contributed by atoms with Crippen LogP contribution in [-0.2, 0) is 11.3 Å². The maximum absolute atomic E-state index is 11.5. The van der Waals surface area contributed by atoms with Crippen LogP contribution < -0.4 is 15.4 Å². The summed E-state index contributed by atoms with van der Waals surface area (Å²) in [5.41, 5.74) is 0.294. The lowest BCUT2D eigenvalue weighted by Crippen LogP contribution is -2.26. The molecule has 0 atom stereocenters. The molecule has 2 heterocycles. The highest BCUT2D eigenvalue weighted by Gasteiger charge is 2.15. The molecule has 0 unspecified atom stereocenters. The maximum atomic E-state index is 11.5. The third-order valence-electron chi connectivity index (χ3n) is 3.65. The van der Waals surface area contributed by atoms with Gasteiger partial charge in [-0.25, -0.2) is 4.98 Å². The van der Waals surface area contributed by atoms with E-state index in [2.05, 4.69) is 32.3 Å². The number of aromatic nitrogens is 4. The van der Waals surface area contributed by atoms with Crippen LogP contribution >= 0.6 is 11.6 Å². The fraction of sp³-hybridized carbons (Fsp3) is 0.200. The van der Waals surface area contributed by atoms with Crippen LogP contribution in [0.2, 0.25) is 5.02 Å². The number of hydrogen-bond donors (Lipinski definition) is 3. The second-order valence-electron chi connectivity index (χ2n) is 7.03. The summed E-state index contributed by atoms with van der Waals surface area (Å²) in [4.78, 5) is 19.9. The number of carbonyl (C=O) groups excluding carboxylic acids is 1. The van der Waals surface area contributed by atoms with Gasteiger partial charge in [-0.15, -0.1) is 0 Å². The van der Waals surface area contributed by atoms with E-state index in [1.165, 1.54) is 12.3 Å². The number of carbonyl (C=O) groups is 1. The molecular weight excluding hydrogens is 408 g/mol. The average Bonchev–Trinajstić information content (AvgIpc) is 3.09. The highest BCUT2D eigenvalue weighted by atomic mass is 35.5. The van der Waals surface area contributed by atoms with Gasteiger partial charge in [-0.1, -0.05) is 24.2 Å². The lowest BCUT2D eigenvalue weighted by atomic mass is 10.1. The minimum absolute atomic E-state index is 0.144. The van der Waals surface area contributed by atoms with E-state index in [0.29, 0.717) is 23.7 Å². The Hall–Kier alpha value is -3.43. The Kier molecular flexibility index (Phi) is 6.34. The highest BCUT2D eigenvalue weighted by molar-refractivity contribution is 6.31. The van der Waals surface area contributed by atoms with Gasteiger partial charge in [0, 0.05) is 18.0 Å². The fourth-order valence-electron chi connectivity index (χ4n) is 2.47. The SMILES string of the molecule is C=CC(=O)Nc1cccc(Oc2nc(Nc3cnn(CC(C)(C)O)c3)ncc2Cl)c1. The molecule has 0 bridgehead atoms. The molecule has 1 aromatic carbocycles. The predicted molar refractivity (Wildman–Crippen MR) is 114 cm³/mol. The molecule has 0 aliphatic heterocycles. The van der Waals surface area contributed by atoms with Gasteiger partial charge in [0.15, 0.2) is 0 Å². The van der Waals surface area contributed by atoms with Crippen molar-refractivity contribution in [2.75, 3.05) is 10.6 Å². The van der Waals surface area contributed by atoms with Gasteiger partial charge < -0.3 is 20.5 Å². The van der Waals surface area contributed by atoms with Gasteiger partial charge in [0.1, 0.15) is 10.8 Å². The van der Waals surface area contributed by atoms with Crippen molar-refractivity contribution in [1.82, 2.24) is 19.7 Å². The monoisotopic (exact) mass is 428 g/mol. The van der Waals surface area contributed by atoms with Crippen molar-refractivity contribution in [2.45, 2.75) is 26.0 Å². The fourth-order valence-corrected chi connectivity index (χ4v) is 2.60. The molecule has 0 aliphatic carbocycles. The van der Waals surface area contributed by atoms with Crippen LogP contribution in [0.3, 0.4) is 0 Å². The molecule has 10 heteroatoms. The first-order valence-electron chi connectivity index (χ1n) is 8.97. The van der Waals surface area contributed by atoms with Crippen molar-refractivity contribution in [1.29, 1.82) is 0 Å². The van der Waals surface area contributed by atoms with Crippen LogP contribution in [0.4, 0.5) is 17.3 Å². The maximum Gasteiger partial charge on any atom is 0.247 e. The van der Waals surface area contributed by atoms with Gasteiger partial charge in [0.05, 0.1) is 30.2 Å². The summed E-state index contributed by atoms with van der Waals surface area (Å²) in [7, 11) is 0. The first kappa shape index (κ1) is 21.3. The molecule has 9 nitrogen and oxygen atoms in total. The Morgan fingerprint density at radius 2 is 2.17 bits per heavy atom. The van der Waals surface area contributed by atoms with Crippen molar-refractivity contribution < 1.29 is 14.6 Å². The first-order chi connectivity index (χ1) is 14.2. The van der Waals surface area contributed by atoms with Crippen molar-refractivity contribution >= 4 is 34.8 Å². The molecule has 1 amide bonds. The zero-order chi connectivity index (χ0) is 21.7. The molecule has 156 valence electrons. The lowest BCUT2D eigenvalue weighted by molar-refractivity contribution is -0.111. The van der Waals surface area contributed by atoms with E-state index in [0.717, 1.165) is 0 Å². The van der Waals surface area contributed by atoms with Crippen LogP contribution in [0.5, 0.6) is 11.6 Å². The number of halogens is 1. The zero-order valence-corrected chi connectivity index (χ0v) is 17.2. The average molecular weight is 429 g/mol. The summed E-state index contributed by atoms with van der Waals surface area (Å²) in [6.45, 7) is 7.15. The number of amides is 1. The summed E-state index contributed by atoms with van der Waals surface area (Å²) in [6, 6.07) is 6.77. The summed E-state index contributed by atoms with van der Waals surface area (Å²) < 4.78 is 7.37. The number of ether oxygens (including phenoxy) is 1.